The van der Waals surface area contributed by atoms with Gasteiger partial charge in [-0.1, -0.05) is 6.07 Å². The van der Waals surface area contributed by atoms with Crippen LogP contribution in [-0.2, 0) is 4.79 Å². The summed E-state index contributed by atoms with van der Waals surface area (Å²) >= 11 is 0. The molecule has 0 N–H and O–H groups in total. The Morgan fingerprint density at radius 2 is 2.33 bits per heavy atom. The summed E-state index contributed by atoms with van der Waals surface area (Å²) in [5, 5.41) is 0. The van der Waals surface area contributed by atoms with Crippen LogP contribution in [0.1, 0.15) is 5.56 Å². The van der Waals surface area contributed by atoms with Crippen molar-refractivity contribution < 1.29 is 4.79 Å². The first-order valence-electron chi connectivity index (χ1n) is 3.34. The zero-order valence-corrected chi connectivity index (χ0v) is 6.53. The van der Waals surface area contributed by atoms with Gasteiger partial charge in [0, 0.05) is 0 Å². The Balaban J connectivity index is 3.20. The quantitative estimate of drug-likeness (QED) is 0.351. The van der Waals surface area contributed by atoms with Crippen molar-refractivity contribution in [2.75, 3.05) is 0 Å². The lowest BCUT2D eigenvalue weighted by molar-refractivity contribution is 0.565. The van der Waals surface area contributed by atoms with E-state index >= 15 is 0 Å². The number of aryl methyl sites for hydroxylation is 1. The van der Waals surface area contributed by atoms with Crippen LogP contribution >= 0.6 is 0 Å². The molecule has 0 aliphatic carbocycles. The van der Waals surface area contributed by atoms with Crippen molar-refractivity contribution in [1.29, 1.82) is 0 Å². The topological polar surface area (TPSA) is 33.8 Å². The highest BCUT2D eigenvalue weighted by molar-refractivity contribution is 5.60. The molecule has 0 aromatic heterocycles. The van der Waals surface area contributed by atoms with Crippen molar-refractivity contribution in [1.82, 2.24) is 0 Å². The molecule has 0 atom stereocenters. The van der Waals surface area contributed by atoms with E-state index in [4.69, 9.17) is 6.57 Å². The summed E-state index contributed by atoms with van der Waals surface area (Å²) in [6, 6.07) is 4.93. The monoisotopic (exact) mass is 158 g/mol. The van der Waals surface area contributed by atoms with Gasteiger partial charge in [0.25, 0.3) is 0 Å². The van der Waals surface area contributed by atoms with Gasteiger partial charge in [0.2, 0.25) is 6.08 Å². The summed E-state index contributed by atoms with van der Waals surface area (Å²) in [6.45, 7) is 8.58. The van der Waals surface area contributed by atoms with E-state index < -0.39 is 0 Å². The van der Waals surface area contributed by atoms with Gasteiger partial charge in [-0.15, -0.1) is 0 Å². The van der Waals surface area contributed by atoms with Gasteiger partial charge in [-0.2, -0.15) is 4.99 Å². The SMILES string of the molecule is [C-]#[N+]c1ccc(N=C=O)cc1C. The van der Waals surface area contributed by atoms with Gasteiger partial charge in [0.05, 0.1) is 12.3 Å². The van der Waals surface area contributed by atoms with E-state index in [9.17, 15) is 4.79 Å². The maximum atomic E-state index is 9.89. The van der Waals surface area contributed by atoms with Crippen LogP contribution in [0.4, 0.5) is 11.4 Å². The van der Waals surface area contributed by atoms with Crippen molar-refractivity contribution in [3.05, 3.63) is 35.2 Å². The average Bonchev–Trinajstić information content (AvgIpc) is 2.05. The van der Waals surface area contributed by atoms with Crippen LogP contribution in [0.15, 0.2) is 23.2 Å². The van der Waals surface area contributed by atoms with Crippen LogP contribution in [0, 0.1) is 13.5 Å². The minimum absolute atomic E-state index is 0.537. The number of isocyanates is 1. The second-order valence-electron chi connectivity index (χ2n) is 2.29. The zero-order valence-electron chi connectivity index (χ0n) is 6.53. The molecule has 0 amide bonds. The fourth-order valence-electron chi connectivity index (χ4n) is 0.887. The fraction of sp³-hybridized carbons (Fsp3) is 0.111. The summed E-state index contributed by atoms with van der Waals surface area (Å²) in [5.74, 6) is 0. The number of rotatable bonds is 1. The highest BCUT2D eigenvalue weighted by Crippen LogP contribution is 2.23. The molecule has 0 bridgehead atoms. The third kappa shape index (κ3) is 1.57. The molecule has 12 heavy (non-hydrogen) atoms. The predicted octanol–water partition coefficient (Wildman–Crippen LogP) is 2.51. The lowest BCUT2D eigenvalue weighted by Gasteiger charge is -1.95. The minimum Gasteiger partial charge on any atom is -0.238 e. The zero-order chi connectivity index (χ0) is 8.97. The average molecular weight is 158 g/mol. The molecule has 0 unspecified atom stereocenters. The Bertz CT molecular complexity index is 384. The van der Waals surface area contributed by atoms with Crippen LogP contribution in [0.25, 0.3) is 4.85 Å². The number of hydrogen-bond acceptors (Lipinski definition) is 2. The van der Waals surface area contributed by atoms with Gasteiger partial charge < -0.3 is 0 Å². The summed E-state index contributed by atoms with van der Waals surface area (Å²) in [7, 11) is 0. The smallest absolute Gasteiger partial charge is 0.238 e. The molecule has 3 nitrogen and oxygen atoms in total. The summed E-state index contributed by atoms with van der Waals surface area (Å²) in [6.07, 6.45) is 1.45. The molecule has 0 spiro atoms. The molecule has 0 heterocycles. The lowest BCUT2D eigenvalue weighted by atomic mass is 10.2. The van der Waals surface area contributed by atoms with Crippen molar-refractivity contribution in [3.8, 4) is 0 Å². The van der Waals surface area contributed by atoms with Gasteiger partial charge in [0.1, 0.15) is 0 Å². The Labute approximate surface area is 70.2 Å². The van der Waals surface area contributed by atoms with Crippen molar-refractivity contribution in [2.24, 2.45) is 4.99 Å². The van der Waals surface area contributed by atoms with Gasteiger partial charge in [-0.05, 0) is 24.6 Å². The van der Waals surface area contributed by atoms with Gasteiger partial charge in [0.15, 0.2) is 5.69 Å². The summed E-state index contributed by atoms with van der Waals surface area (Å²) in [5.41, 5.74) is 1.94. The van der Waals surface area contributed by atoms with Crippen molar-refractivity contribution in [3.63, 3.8) is 0 Å². The number of aliphatic imine (C=N–C) groups is 1. The number of carbonyl (C=O) groups excluding carboxylic acids is 1. The van der Waals surface area contributed by atoms with E-state index in [0.29, 0.717) is 11.4 Å². The predicted molar refractivity (Wildman–Crippen MR) is 45.2 cm³/mol. The normalized spacial score (nSPS) is 8.33. The van der Waals surface area contributed by atoms with Crippen LogP contribution in [0.2, 0.25) is 0 Å². The molecule has 3 heteroatoms. The molecule has 0 saturated heterocycles. The van der Waals surface area contributed by atoms with Crippen LogP contribution in [0.5, 0.6) is 0 Å². The lowest BCUT2D eigenvalue weighted by Crippen LogP contribution is -1.71. The largest absolute Gasteiger partial charge is 0.240 e. The maximum Gasteiger partial charge on any atom is 0.240 e. The Morgan fingerprint density at radius 3 is 2.83 bits per heavy atom. The highest BCUT2D eigenvalue weighted by atomic mass is 16.1. The number of benzene rings is 1. The summed E-state index contributed by atoms with van der Waals surface area (Å²) < 4.78 is 0. The molecule has 0 radical (unpaired) electrons. The third-order valence-corrected chi connectivity index (χ3v) is 1.48. The standard InChI is InChI=1S/C9H6N2O/c1-7-5-8(11-6-12)3-4-9(7)10-2/h3-5H,1H3. The molecule has 1 aromatic carbocycles. The summed E-state index contributed by atoms with van der Waals surface area (Å²) in [4.78, 5) is 16.6. The molecule has 58 valence electrons. The first-order chi connectivity index (χ1) is 5.77. The second kappa shape index (κ2) is 3.47. The molecule has 0 fully saturated rings. The molecule has 1 rings (SSSR count). The molecule has 0 saturated carbocycles. The van der Waals surface area contributed by atoms with Gasteiger partial charge >= 0.3 is 0 Å². The van der Waals surface area contributed by atoms with E-state index in [0.717, 1.165) is 5.56 Å². The van der Waals surface area contributed by atoms with E-state index in [-0.39, 0.29) is 0 Å². The first-order valence-corrected chi connectivity index (χ1v) is 3.34. The van der Waals surface area contributed by atoms with E-state index in [1.165, 1.54) is 6.08 Å². The number of nitrogens with zero attached hydrogens (tertiary/aromatic N) is 2. The van der Waals surface area contributed by atoms with Crippen molar-refractivity contribution in [2.45, 2.75) is 6.92 Å². The van der Waals surface area contributed by atoms with Gasteiger partial charge in [-0.3, -0.25) is 0 Å². The van der Waals surface area contributed by atoms with Crippen molar-refractivity contribution >= 4 is 17.5 Å². The van der Waals surface area contributed by atoms with Gasteiger partial charge in [-0.25, -0.2) is 9.64 Å². The maximum absolute atomic E-state index is 9.89. The Hall–Kier alpha value is -1.91. The minimum atomic E-state index is 0.537. The second-order valence-corrected chi connectivity index (χ2v) is 2.29. The van der Waals surface area contributed by atoms with E-state index in [1.807, 2.05) is 0 Å². The molecular weight excluding hydrogens is 152 g/mol. The molecule has 0 aliphatic rings. The first kappa shape index (κ1) is 8.19. The Morgan fingerprint density at radius 1 is 1.58 bits per heavy atom. The third-order valence-electron chi connectivity index (χ3n) is 1.48. The number of hydrogen-bond donors (Lipinski definition) is 0. The highest BCUT2D eigenvalue weighted by Gasteiger charge is 1.97. The molecular formula is C9H6N2O. The molecule has 0 aliphatic heterocycles. The Kier molecular flexibility index (Phi) is 2.37. The fourth-order valence-corrected chi connectivity index (χ4v) is 0.887. The van der Waals surface area contributed by atoms with Crippen LogP contribution < -0.4 is 0 Å². The van der Waals surface area contributed by atoms with E-state index in [2.05, 4.69) is 9.84 Å². The van der Waals surface area contributed by atoms with E-state index in [1.54, 1.807) is 25.1 Å². The molecule has 1 aromatic rings. The van der Waals surface area contributed by atoms with Crippen LogP contribution in [0.3, 0.4) is 0 Å². The van der Waals surface area contributed by atoms with Crippen LogP contribution in [-0.4, -0.2) is 6.08 Å².